The van der Waals surface area contributed by atoms with Crippen molar-refractivity contribution in [3.8, 4) is 0 Å². The van der Waals surface area contributed by atoms with Crippen molar-refractivity contribution >= 4 is 0 Å². The summed E-state index contributed by atoms with van der Waals surface area (Å²) in [6.07, 6.45) is 0. The van der Waals surface area contributed by atoms with Crippen molar-refractivity contribution in [1.82, 2.24) is 0 Å². The van der Waals surface area contributed by atoms with Crippen LogP contribution >= 0.6 is 0 Å². The van der Waals surface area contributed by atoms with Crippen molar-refractivity contribution < 1.29 is 4.74 Å². The number of hydrogen-bond acceptors (Lipinski definition) is 1. The summed E-state index contributed by atoms with van der Waals surface area (Å²) in [5, 5.41) is 0. The van der Waals surface area contributed by atoms with Crippen LogP contribution in [-0.2, 0) is 15.8 Å². The van der Waals surface area contributed by atoms with Gasteiger partial charge in [-0.1, -0.05) is 81.4 Å². The summed E-state index contributed by atoms with van der Waals surface area (Å²) in [4.78, 5) is 0. The second-order valence-corrected chi connectivity index (χ2v) is 6.37. The second kappa shape index (κ2) is 4.20. The van der Waals surface area contributed by atoms with Gasteiger partial charge in [-0.2, -0.15) is 0 Å². The highest BCUT2D eigenvalue weighted by molar-refractivity contribution is 5.52. The Bertz CT molecular complexity index is 602. The van der Waals surface area contributed by atoms with Crippen LogP contribution in [0.4, 0.5) is 0 Å². The van der Waals surface area contributed by atoms with Gasteiger partial charge in [-0.05, 0) is 11.1 Å². The molecule has 3 rings (SSSR count). The Kier molecular flexibility index (Phi) is 2.81. The maximum Gasteiger partial charge on any atom is 0.109 e. The summed E-state index contributed by atoms with van der Waals surface area (Å²) in [5.74, 6) is 0. The van der Waals surface area contributed by atoms with Gasteiger partial charge in [-0.25, -0.2) is 0 Å². The molecule has 0 saturated heterocycles. The zero-order chi connectivity index (χ0) is 14.4. The first kappa shape index (κ1) is 13.4. The average Bonchev–Trinajstić information content (AvgIpc) is 2.90. The first-order valence-corrected chi connectivity index (χ1v) is 7.18. The highest BCUT2D eigenvalue weighted by atomic mass is 16.5. The summed E-state index contributed by atoms with van der Waals surface area (Å²) < 4.78 is 6.12. The van der Waals surface area contributed by atoms with Gasteiger partial charge in [0.2, 0.25) is 0 Å². The van der Waals surface area contributed by atoms with Crippen LogP contribution in [0.5, 0.6) is 0 Å². The van der Waals surface area contributed by atoms with Crippen molar-refractivity contribution in [1.29, 1.82) is 0 Å². The van der Waals surface area contributed by atoms with E-state index in [0.717, 1.165) is 0 Å². The fourth-order valence-electron chi connectivity index (χ4n) is 4.28. The maximum absolute atomic E-state index is 6.12. The topological polar surface area (TPSA) is 9.23 Å². The molecule has 1 nitrogen and oxygen atoms in total. The second-order valence-electron chi connectivity index (χ2n) is 6.37. The smallest absolute Gasteiger partial charge is 0.109 e. The summed E-state index contributed by atoms with van der Waals surface area (Å²) in [6.45, 7) is 6.92. The number of benzene rings is 2. The molecule has 2 aromatic rings. The van der Waals surface area contributed by atoms with Gasteiger partial charge in [0.05, 0.1) is 0 Å². The quantitative estimate of drug-likeness (QED) is 0.793. The van der Waals surface area contributed by atoms with E-state index < -0.39 is 0 Å². The van der Waals surface area contributed by atoms with Crippen molar-refractivity contribution in [2.75, 3.05) is 7.11 Å². The molecule has 20 heavy (non-hydrogen) atoms. The third-order valence-corrected chi connectivity index (χ3v) is 5.61. The monoisotopic (exact) mass is 266 g/mol. The molecule has 2 aromatic carbocycles. The lowest BCUT2D eigenvalue weighted by Crippen LogP contribution is -2.22. The molecule has 0 N–H and O–H groups in total. The number of ether oxygens (including phenoxy) is 1. The van der Waals surface area contributed by atoms with Crippen molar-refractivity contribution in [3.05, 3.63) is 71.8 Å². The first-order chi connectivity index (χ1) is 9.52. The van der Waals surface area contributed by atoms with E-state index in [0.29, 0.717) is 0 Å². The summed E-state index contributed by atoms with van der Waals surface area (Å²) >= 11 is 0. The van der Waals surface area contributed by atoms with Crippen molar-refractivity contribution in [2.45, 2.75) is 31.8 Å². The molecular formula is C19H22O. The molecule has 0 aromatic heterocycles. The van der Waals surface area contributed by atoms with Gasteiger partial charge in [0.25, 0.3) is 0 Å². The molecule has 0 amide bonds. The Hall–Kier alpha value is -1.60. The molecule has 0 radical (unpaired) electrons. The van der Waals surface area contributed by atoms with E-state index in [9.17, 15) is 0 Å². The van der Waals surface area contributed by atoms with Crippen LogP contribution in [0.1, 0.15) is 31.9 Å². The van der Waals surface area contributed by atoms with E-state index in [2.05, 4.69) is 81.4 Å². The highest BCUT2D eigenvalue weighted by Crippen LogP contribution is 2.78. The molecule has 0 aliphatic heterocycles. The molecule has 0 bridgehead atoms. The Morgan fingerprint density at radius 3 is 1.60 bits per heavy atom. The fraction of sp³-hybridized carbons (Fsp3) is 0.368. The van der Waals surface area contributed by atoms with Gasteiger partial charge < -0.3 is 4.74 Å². The van der Waals surface area contributed by atoms with E-state index in [1.54, 1.807) is 0 Å². The molecule has 104 valence electrons. The molecule has 1 aliphatic rings. The predicted molar refractivity (Wildman–Crippen MR) is 82.7 cm³/mol. The molecule has 1 saturated carbocycles. The Morgan fingerprint density at radius 1 is 0.700 bits per heavy atom. The van der Waals surface area contributed by atoms with Crippen LogP contribution in [0, 0.1) is 5.41 Å². The summed E-state index contributed by atoms with van der Waals surface area (Å²) in [7, 11) is 1.84. The lowest BCUT2D eigenvalue weighted by atomic mass is 9.88. The molecule has 0 spiro atoms. The van der Waals surface area contributed by atoms with Crippen LogP contribution in [0.3, 0.4) is 0 Å². The van der Waals surface area contributed by atoms with Crippen LogP contribution in [0.15, 0.2) is 60.7 Å². The van der Waals surface area contributed by atoms with Gasteiger partial charge in [-0.3, -0.25) is 0 Å². The molecule has 1 fully saturated rings. The number of rotatable bonds is 3. The first-order valence-electron chi connectivity index (χ1n) is 7.18. The molecule has 1 heteroatoms. The van der Waals surface area contributed by atoms with Gasteiger partial charge in [0, 0.05) is 17.9 Å². The van der Waals surface area contributed by atoms with E-state index >= 15 is 0 Å². The van der Waals surface area contributed by atoms with Crippen LogP contribution in [0.2, 0.25) is 0 Å². The predicted octanol–water partition coefficient (Wildman–Crippen LogP) is 4.53. The zero-order valence-electron chi connectivity index (χ0n) is 12.7. The maximum atomic E-state index is 6.12. The van der Waals surface area contributed by atoms with E-state index in [4.69, 9.17) is 4.74 Å². The third kappa shape index (κ3) is 1.31. The molecule has 0 unspecified atom stereocenters. The summed E-state index contributed by atoms with van der Waals surface area (Å²) in [5.41, 5.74) is 2.38. The normalized spacial score (nSPS) is 31.0. The van der Waals surface area contributed by atoms with Crippen LogP contribution < -0.4 is 0 Å². The number of methoxy groups -OCH3 is 1. The minimum absolute atomic E-state index is 0.0165. The van der Waals surface area contributed by atoms with Gasteiger partial charge in [0.15, 0.2) is 0 Å². The zero-order valence-corrected chi connectivity index (χ0v) is 12.7. The molecule has 2 atom stereocenters. The van der Waals surface area contributed by atoms with Gasteiger partial charge >= 0.3 is 0 Å². The van der Waals surface area contributed by atoms with Gasteiger partial charge in [0.1, 0.15) is 5.60 Å². The van der Waals surface area contributed by atoms with Crippen LogP contribution in [-0.4, -0.2) is 7.11 Å². The minimum Gasteiger partial charge on any atom is -0.372 e. The third-order valence-electron chi connectivity index (χ3n) is 5.61. The standard InChI is InChI=1S/C19H22O/c1-17(2)18(3,15-11-7-5-8-12-15)19(17,20-4)16-13-9-6-10-14-16/h5-14H,1-4H3/t18-,19-/m1/s1. The highest BCUT2D eigenvalue weighted by Gasteiger charge is 2.81. The SMILES string of the molecule is CO[C@]1(c2ccccc2)C(C)(C)[C@@]1(C)c1ccccc1. The molecular weight excluding hydrogens is 244 g/mol. The largest absolute Gasteiger partial charge is 0.372 e. The van der Waals surface area contributed by atoms with Crippen LogP contribution in [0.25, 0.3) is 0 Å². The lowest BCUT2D eigenvalue weighted by molar-refractivity contribution is 0.0358. The fourth-order valence-corrected chi connectivity index (χ4v) is 4.28. The van der Waals surface area contributed by atoms with Gasteiger partial charge in [-0.15, -0.1) is 0 Å². The summed E-state index contributed by atoms with van der Waals surface area (Å²) in [6, 6.07) is 21.3. The van der Waals surface area contributed by atoms with E-state index in [1.807, 2.05) is 7.11 Å². The average molecular weight is 266 g/mol. The van der Waals surface area contributed by atoms with E-state index in [1.165, 1.54) is 11.1 Å². The lowest BCUT2D eigenvalue weighted by Gasteiger charge is -2.22. The van der Waals surface area contributed by atoms with Crippen molar-refractivity contribution in [2.24, 2.45) is 5.41 Å². The number of hydrogen-bond donors (Lipinski definition) is 0. The molecule has 1 aliphatic carbocycles. The Labute approximate surface area is 121 Å². The Balaban J connectivity index is 2.19. The minimum atomic E-state index is -0.261. The van der Waals surface area contributed by atoms with Crippen molar-refractivity contribution in [3.63, 3.8) is 0 Å². The van der Waals surface area contributed by atoms with E-state index in [-0.39, 0.29) is 16.4 Å². The Morgan fingerprint density at radius 2 is 1.15 bits per heavy atom. The molecule has 0 heterocycles.